The average Bonchev–Trinajstić information content (AvgIpc) is 2.91. The summed E-state index contributed by atoms with van der Waals surface area (Å²) in [5.41, 5.74) is 5.83. The van der Waals surface area contributed by atoms with Crippen molar-refractivity contribution in [3.05, 3.63) is 93.5 Å². The van der Waals surface area contributed by atoms with Crippen LogP contribution in [0.15, 0.2) is 76.3 Å². The lowest BCUT2D eigenvalue weighted by Gasteiger charge is -2.25. The first-order valence-corrected chi connectivity index (χ1v) is 13.6. The van der Waals surface area contributed by atoms with Gasteiger partial charge < -0.3 is 20.3 Å². The Labute approximate surface area is 243 Å². The molecule has 40 heavy (non-hydrogen) atoms. The molecular formula is C30H35BrN4O5. The number of benzene rings is 3. The third-order valence-corrected chi connectivity index (χ3v) is 6.44. The Morgan fingerprint density at radius 2 is 1.62 bits per heavy atom. The van der Waals surface area contributed by atoms with Gasteiger partial charge in [-0.05, 0) is 86.5 Å². The molecule has 0 fully saturated rings. The fourth-order valence-electron chi connectivity index (χ4n) is 4.12. The van der Waals surface area contributed by atoms with E-state index < -0.39 is 18.1 Å². The lowest BCUT2D eigenvalue weighted by Crippen LogP contribution is -2.35. The van der Waals surface area contributed by atoms with Crippen molar-refractivity contribution in [2.45, 2.75) is 39.5 Å². The molecule has 2 atom stereocenters. The Morgan fingerprint density at radius 1 is 0.950 bits per heavy atom. The SMILES string of the molecule is COc1ccc(C(C)=NNC(=O)c2cc(Br)ccc2NC(=O)c2cccc(CN(CC(C)O)CC(C)O)c2)cc1. The van der Waals surface area contributed by atoms with Crippen molar-refractivity contribution in [2.75, 3.05) is 25.5 Å². The number of ether oxygens (including phenoxy) is 1. The maximum absolute atomic E-state index is 13.2. The molecule has 3 aromatic rings. The van der Waals surface area contributed by atoms with Crippen LogP contribution in [0.3, 0.4) is 0 Å². The Kier molecular flexibility index (Phi) is 11.4. The molecule has 4 N–H and O–H groups in total. The number of rotatable bonds is 12. The number of carbonyl (C=O) groups excluding carboxylic acids is 2. The zero-order valence-corrected chi connectivity index (χ0v) is 24.6. The van der Waals surface area contributed by atoms with E-state index in [2.05, 4.69) is 31.8 Å². The van der Waals surface area contributed by atoms with Gasteiger partial charge >= 0.3 is 0 Å². The number of aliphatic hydroxyl groups is 2. The van der Waals surface area contributed by atoms with Gasteiger partial charge in [-0.25, -0.2) is 5.43 Å². The molecule has 0 aliphatic carbocycles. The number of nitrogens with zero attached hydrogens (tertiary/aromatic N) is 2. The smallest absolute Gasteiger partial charge is 0.273 e. The minimum absolute atomic E-state index is 0.241. The number of hydrogen-bond donors (Lipinski definition) is 4. The maximum atomic E-state index is 13.2. The molecule has 0 aliphatic rings. The van der Waals surface area contributed by atoms with E-state index in [1.54, 1.807) is 64.3 Å². The van der Waals surface area contributed by atoms with Gasteiger partial charge in [-0.2, -0.15) is 5.10 Å². The molecule has 3 aromatic carbocycles. The highest BCUT2D eigenvalue weighted by atomic mass is 79.9. The molecular weight excluding hydrogens is 576 g/mol. The fourth-order valence-corrected chi connectivity index (χ4v) is 4.48. The Morgan fingerprint density at radius 3 is 2.25 bits per heavy atom. The van der Waals surface area contributed by atoms with Crippen LogP contribution in [-0.2, 0) is 6.54 Å². The predicted octanol–water partition coefficient (Wildman–Crippen LogP) is 4.43. The average molecular weight is 612 g/mol. The van der Waals surface area contributed by atoms with E-state index in [0.717, 1.165) is 16.9 Å². The van der Waals surface area contributed by atoms with Gasteiger partial charge in [0.25, 0.3) is 11.8 Å². The highest BCUT2D eigenvalue weighted by Crippen LogP contribution is 2.22. The number of methoxy groups -OCH3 is 1. The second-order valence-electron chi connectivity index (χ2n) is 9.60. The van der Waals surface area contributed by atoms with E-state index in [4.69, 9.17) is 4.74 Å². The van der Waals surface area contributed by atoms with E-state index in [1.807, 2.05) is 35.2 Å². The number of nitrogens with one attached hydrogen (secondary N) is 2. The van der Waals surface area contributed by atoms with Crippen LogP contribution in [0.25, 0.3) is 0 Å². The van der Waals surface area contributed by atoms with Crippen molar-refractivity contribution in [3.63, 3.8) is 0 Å². The van der Waals surface area contributed by atoms with E-state index in [-0.39, 0.29) is 11.5 Å². The molecule has 2 amide bonds. The lowest BCUT2D eigenvalue weighted by atomic mass is 10.1. The van der Waals surface area contributed by atoms with Crippen LogP contribution in [0, 0.1) is 0 Å². The molecule has 0 aliphatic heterocycles. The van der Waals surface area contributed by atoms with Crippen molar-refractivity contribution >= 4 is 39.1 Å². The molecule has 0 bridgehead atoms. The van der Waals surface area contributed by atoms with E-state index in [9.17, 15) is 19.8 Å². The third-order valence-electron chi connectivity index (χ3n) is 5.95. The van der Waals surface area contributed by atoms with Crippen LogP contribution in [-0.4, -0.2) is 65.0 Å². The molecule has 2 unspecified atom stereocenters. The number of carbonyl (C=O) groups is 2. The maximum Gasteiger partial charge on any atom is 0.273 e. The molecule has 3 rings (SSSR count). The van der Waals surface area contributed by atoms with Crippen molar-refractivity contribution < 1.29 is 24.5 Å². The number of aliphatic hydroxyl groups excluding tert-OH is 2. The number of halogens is 1. The van der Waals surface area contributed by atoms with E-state index >= 15 is 0 Å². The highest BCUT2D eigenvalue weighted by molar-refractivity contribution is 9.10. The standard InChI is InChI=1S/C30H35BrN4O5/c1-19(36)16-35(17-20(2)37)18-22-6-5-7-24(14-22)29(38)32-28-13-10-25(31)15-27(28)30(39)34-33-21(3)23-8-11-26(40-4)12-9-23/h5-15,19-20,36-37H,16-18H2,1-4H3,(H,32,38)(H,34,39). The number of anilines is 1. The van der Waals surface area contributed by atoms with Gasteiger partial charge in [0.15, 0.2) is 0 Å². The van der Waals surface area contributed by atoms with Gasteiger partial charge in [0.2, 0.25) is 0 Å². The predicted molar refractivity (Wildman–Crippen MR) is 160 cm³/mol. The summed E-state index contributed by atoms with van der Waals surface area (Å²) in [6.45, 7) is 6.39. The monoisotopic (exact) mass is 610 g/mol. The molecule has 0 spiro atoms. The van der Waals surface area contributed by atoms with Crippen molar-refractivity contribution in [3.8, 4) is 5.75 Å². The molecule has 0 radical (unpaired) electrons. The van der Waals surface area contributed by atoms with Gasteiger partial charge in [-0.3, -0.25) is 14.5 Å². The van der Waals surface area contributed by atoms with E-state index in [1.165, 1.54) is 0 Å². The topological polar surface area (TPSA) is 123 Å². The summed E-state index contributed by atoms with van der Waals surface area (Å²) in [7, 11) is 1.59. The normalized spacial score (nSPS) is 13.1. The molecule has 10 heteroatoms. The molecule has 0 saturated carbocycles. The van der Waals surface area contributed by atoms with Gasteiger partial charge in [-0.15, -0.1) is 0 Å². The lowest BCUT2D eigenvalue weighted by molar-refractivity contribution is 0.0793. The zero-order valence-electron chi connectivity index (χ0n) is 23.0. The molecule has 212 valence electrons. The van der Waals surface area contributed by atoms with E-state index in [0.29, 0.717) is 41.1 Å². The van der Waals surface area contributed by atoms with Crippen LogP contribution >= 0.6 is 15.9 Å². The van der Waals surface area contributed by atoms with Gasteiger partial charge in [0, 0.05) is 29.7 Å². The minimum Gasteiger partial charge on any atom is -0.497 e. The van der Waals surface area contributed by atoms with Crippen LogP contribution in [0.1, 0.15) is 52.6 Å². The second-order valence-corrected chi connectivity index (χ2v) is 10.5. The second kappa shape index (κ2) is 14.7. The minimum atomic E-state index is -0.559. The van der Waals surface area contributed by atoms with Gasteiger partial charge in [-0.1, -0.05) is 28.1 Å². The molecule has 0 aromatic heterocycles. The Balaban J connectivity index is 1.75. The zero-order chi connectivity index (χ0) is 29.2. The van der Waals surface area contributed by atoms with Crippen molar-refractivity contribution in [2.24, 2.45) is 5.10 Å². The first kappa shape index (κ1) is 31.0. The Hall–Kier alpha value is -3.57. The summed E-state index contributed by atoms with van der Waals surface area (Å²) in [6, 6.07) is 19.4. The first-order chi connectivity index (χ1) is 19.0. The summed E-state index contributed by atoms with van der Waals surface area (Å²) in [5, 5.41) is 26.7. The van der Waals surface area contributed by atoms with Crippen LogP contribution in [0.4, 0.5) is 5.69 Å². The summed E-state index contributed by atoms with van der Waals surface area (Å²) < 4.78 is 5.85. The quantitative estimate of drug-likeness (QED) is 0.178. The van der Waals surface area contributed by atoms with Crippen molar-refractivity contribution in [1.82, 2.24) is 10.3 Å². The van der Waals surface area contributed by atoms with Crippen LogP contribution in [0.5, 0.6) is 5.75 Å². The first-order valence-electron chi connectivity index (χ1n) is 12.8. The van der Waals surface area contributed by atoms with Gasteiger partial charge in [0.1, 0.15) is 5.75 Å². The van der Waals surface area contributed by atoms with Gasteiger partial charge in [0.05, 0.1) is 36.3 Å². The summed E-state index contributed by atoms with van der Waals surface area (Å²) in [5.74, 6) is -0.142. The highest BCUT2D eigenvalue weighted by Gasteiger charge is 2.17. The molecule has 0 heterocycles. The summed E-state index contributed by atoms with van der Waals surface area (Å²) in [6.07, 6.45) is -1.12. The number of hydrogen-bond acceptors (Lipinski definition) is 7. The molecule has 0 saturated heterocycles. The summed E-state index contributed by atoms with van der Waals surface area (Å²) in [4.78, 5) is 28.2. The van der Waals surface area contributed by atoms with Crippen molar-refractivity contribution in [1.29, 1.82) is 0 Å². The Bertz CT molecular complexity index is 1330. The largest absolute Gasteiger partial charge is 0.497 e. The van der Waals surface area contributed by atoms with Crippen LogP contribution < -0.4 is 15.5 Å². The molecule has 9 nitrogen and oxygen atoms in total. The number of amides is 2. The number of hydrazone groups is 1. The van der Waals surface area contributed by atoms with Crippen LogP contribution in [0.2, 0.25) is 0 Å². The fraction of sp³-hybridized carbons (Fsp3) is 0.300. The third kappa shape index (κ3) is 9.27. The summed E-state index contributed by atoms with van der Waals surface area (Å²) >= 11 is 3.39.